The van der Waals surface area contributed by atoms with Crippen molar-refractivity contribution in [2.75, 3.05) is 27.2 Å². The number of rotatable bonds is 11. The molecule has 7 nitrogen and oxygen atoms in total. The molecule has 0 aliphatic carbocycles. The molecule has 1 saturated heterocycles. The van der Waals surface area contributed by atoms with Crippen LogP contribution in [0, 0.1) is 0 Å². The molecular formula is C27H41N3O4S2. The van der Waals surface area contributed by atoms with Crippen LogP contribution in [0.5, 0.6) is 0 Å². The van der Waals surface area contributed by atoms with E-state index in [-0.39, 0.29) is 23.8 Å². The summed E-state index contributed by atoms with van der Waals surface area (Å²) in [5.41, 5.74) is 1.39. The summed E-state index contributed by atoms with van der Waals surface area (Å²) < 4.78 is 6.59. The maximum Gasteiger partial charge on any atom is 0.257 e. The van der Waals surface area contributed by atoms with Crippen LogP contribution in [0.3, 0.4) is 0 Å². The van der Waals surface area contributed by atoms with Crippen LogP contribution in [0.2, 0.25) is 0 Å². The summed E-state index contributed by atoms with van der Waals surface area (Å²) in [5.74, 6) is 0.327. The maximum absolute atomic E-state index is 13.5. The van der Waals surface area contributed by atoms with E-state index in [1.165, 1.54) is 30.4 Å². The highest BCUT2D eigenvalue weighted by atomic mass is 32.2. The molecule has 1 heterocycles. The lowest BCUT2D eigenvalue weighted by Crippen LogP contribution is -2.46. The van der Waals surface area contributed by atoms with Crippen molar-refractivity contribution in [3.63, 3.8) is 0 Å². The van der Waals surface area contributed by atoms with E-state index < -0.39 is 0 Å². The Morgan fingerprint density at radius 2 is 1.89 bits per heavy atom. The Morgan fingerprint density at radius 1 is 1.19 bits per heavy atom. The van der Waals surface area contributed by atoms with E-state index in [9.17, 15) is 14.4 Å². The van der Waals surface area contributed by atoms with E-state index in [4.69, 9.17) is 4.74 Å². The van der Waals surface area contributed by atoms with Crippen molar-refractivity contribution >= 4 is 41.2 Å². The zero-order valence-corrected chi connectivity index (χ0v) is 24.3. The molecule has 1 atom stereocenters. The normalized spacial score (nSPS) is 17.9. The van der Waals surface area contributed by atoms with Gasteiger partial charge in [-0.2, -0.15) is 0 Å². The van der Waals surface area contributed by atoms with E-state index in [0.717, 1.165) is 35.6 Å². The third-order valence-corrected chi connectivity index (χ3v) is 7.95. The Hall–Kier alpha value is -2.39. The summed E-state index contributed by atoms with van der Waals surface area (Å²) in [4.78, 5) is 40.6. The Balaban J connectivity index is 2.99. The Morgan fingerprint density at radius 3 is 2.44 bits per heavy atom. The van der Waals surface area contributed by atoms with Gasteiger partial charge in [0.25, 0.3) is 5.91 Å². The van der Waals surface area contributed by atoms with Gasteiger partial charge in [-0.15, -0.1) is 0 Å². The first kappa shape index (κ1) is 31.6. The lowest BCUT2D eigenvalue weighted by molar-refractivity contribution is -0.134. The van der Waals surface area contributed by atoms with E-state index >= 15 is 0 Å². The number of allylic oxidation sites excluding steroid dienone is 4. The van der Waals surface area contributed by atoms with Crippen molar-refractivity contribution in [2.45, 2.75) is 66.3 Å². The monoisotopic (exact) mass is 535 g/mol. The molecule has 1 fully saturated rings. The molecule has 1 aliphatic rings. The first-order valence-corrected chi connectivity index (χ1v) is 13.9. The largest absolute Gasteiger partial charge is 0.496 e. The van der Waals surface area contributed by atoms with Gasteiger partial charge in [0.05, 0.1) is 17.7 Å². The standard InChI is InChI=1S/C27H41N3O4S2/c1-9-23(27(33)29(7)22-14-12-13-15-30(17-22)25(32)10-2)24(34-8)16-19(4)18-35-26(11-3)36-21(6)28-20(5)31/h9,11,16,18,22H,6,10,12-15,17H2,1-5,7-8H3,(H,28,31)/b19-18+,23-9+,24-16+,26-11-/t22-/m1/s1. The maximum atomic E-state index is 13.5. The third kappa shape index (κ3) is 10.3. The lowest BCUT2D eigenvalue weighted by Gasteiger charge is -2.32. The quantitative estimate of drug-likeness (QED) is 0.212. The number of nitrogens with one attached hydrogen (secondary N) is 1. The fourth-order valence-corrected chi connectivity index (χ4v) is 5.45. The molecule has 36 heavy (non-hydrogen) atoms. The van der Waals surface area contributed by atoms with Crippen molar-refractivity contribution in [3.8, 4) is 0 Å². The first-order chi connectivity index (χ1) is 17.1. The van der Waals surface area contributed by atoms with E-state index in [2.05, 4.69) is 11.9 Å². The minimum absolute atomic E-state index is 0.0401. The molecule has 0 saturated carbocycles. The molecule has 0 unspecified atom stereocenters. The van der Waals surface area contributed by atoms with Crippen LogP contribution in [-0.4, -0.2) is 60.8 Å². The summed E-state index contributed by atoms with van der Waals surface area (Å²) in [6, 6.07) is -0.0401. The molecule has 200 valence electrons. The highest BCUT2D eigenvalue weighted by molar-refractivity contribution is 8.25. The molecule has 1 rings (SSSR count). The van der Waals surface area contributed by atoms with Gasteiger partial charge in [-0.25, -0.2) is 0 Å². The van der Waals surface area contributed by atoms with Gasteiger partial charge in [0.15, 0.2) is 0 Å². The van der Waals surface area contributed by atoms with Crippen LogP contribution in [0.25, 0.3) is 0 Å². The predicted molar refractivity (Wildman–Crippen MR) is 152 cm³/mol. The third-order valence-electron chi connectivity index (χ3n) is 5.67. The number of ether oxygens (including phenoxy) is 1. The highest BCUT2D eigenvalue weighted by Gasteiger charge is 2.29. The van der Waals surface area contributed by atoms with Crippen LogP contribution in [0.4, 0.5) is 0 Å². The average Bonchev–Trinajstić information content (AvgIpc) is 3.11. The van der Waals surface area contributed by atoms with Gasteiger partial charge in [-0.1, -0.05) is 49.2 Å². The Kier molecular flexibility index (Phi) is 14.4. The predicted octanol–water partition coefficient (Wildman–Crippen LogP) is 5.55. The van der Waals surface area contributed by atoms with Crippen molar-refractivity contribution in [1.82, 2.24) is 15.1 Å². The van der Waals surface area contributed by atoms with Gasteiger partial charge in [0.1, 0.15) is 5.76 Å². The number of likely N-dealkylation sites (tertiary alicyclic amines) is 1. The minimum Gasteiger partial charge on any atom is -0.496 e. The molecule has 0 bridgehead atoms. The smallest absolute Gasteiger partial charge is 0.257 e. The average molecular weight is 536 g/mol. The molecule has 0 spiro atoms. The van der Waals surface area contributed by atoms with E-state index in [1.54, 1.807) is 25.1 Å². The summed E-state index contributed by atoms with van der Waals surface area (Å²) >= 11 is 2.88. The van der Waals surface area contributed by atoms with Gasteiger partial charge in [-0.3, -0.25) is 14.4 Å². The number of hydrogen-bond acceptors (Lipinski definition) is 6. The number of carbonyl (C=O) groups is 3. The highest BCUT2D eigenvalue weighted by Crippen LogP contribution is 2.34. The topological polar surface area (TPSA) is 79.0 Å². The van der Waals surface area contributed by atoms with Crippen LogP contribution >= 0.6 is 23.5 Å². The molecule has 0 aromatic rings. The number of likely N-dealkylation sites (N-methyl/N-ethyl adjacent to an activating group) is 1. The summed E-state index contributed by atoms with van der Waals surface area (Å²) in [6.07, 6.45) is 8.83. The number of carbonyl (C=O) groups excluding carboxylic acids is 3. The minimum atomic E-state index is -0.158. The van der Waals surface area contributed by atoms with Gasteiger partial charge >= 0.3 is 0 Å². The number of nitrogens with zero attached hydrogens (tertiary/aromatic N) is 2. The second-order valence-corrected chi connectivity index (χ2v) is 10.8. The zero-order chi connectivity index (χ0) is 27.3. The molecule has 0 radical (unpaired) electrons. The van der Waals surface area contributed by atoms with Crippen LogP contribution < -0.4 is 5.32 Å². The molecule has 9 heteroatoms. The Bertz CT molecular complexity index is 937. The summed E-state index contributed by atoms with van der Waals surface area (Å²) in [6.45, 7) is 14.2. The van der Waals surface area contributed by atoms with Gasteiger partial charge < -0.3 is 19.9 Å². The van der Waals surface area contributed by atoms with Crippen molar-refractivity contribution in [2.24, 2.45) is 0 Å². The number of thioether (sulfide) groups is 2. The van der Waals surface area contributed by atoms with Gasteiger partial charge in [-0.05, 0) is 57.1 Å². The van der Waals surface area contributed by atoms with E-state index in [1.807, 2.05) is 50.2 Å². The SMILES string of the molecule is C=C(NC(C)=O)S/C(=C\C)S/C=C(C)/C=C(OC)\C(=C/C)C(=O)N(C)[C@@H]1CCCCN(C(=O)CC)C1. The summed E-state index contributed by atoms with van der Waals surface area (Å²) in [7, 11) is 3.36. The first-order valence-electron chi connectivity index (χ1n) is 12.2. The van der Waals surface area contributed by atoms with E-state index in [0.29, 0.717) is 29.3 Å². The van der Waals surface area contributed by atoms with Crippen LogP contribution in [0.1, 0.15) is 60.3 Å². The van der Waals surface area contributed by atoms with Crippen LogP contribution in [0.15, 0.2) is 56.4 Å². The molecule has 3 amide bonds. The van der Waals surface area contributed by atoms with Gasteiger partial charge in [0, 0.05) is 43.8 Å². The molecule has 0 aromatic heterocycles. The lowest BCUT2D eigenvalue weighted by atomic mass is 10.1. The molecular weight excluding hydrogens is 494 g/mol. The zero-order valence-electron chi connectivity index (χ0n) is 22.7. The second-order valence-electron chi connectivity index (χ2n) is 8.47. The van der Waals surface area contributed by atoms with Crippen molar-refractivity contribution in [3.05, 3.63) is 56.4 Å². The van der Waals surface area contributed by atoms with Crippen molar-refractivity contribution < 1.29 is 19.1 Å². The number of amides is 3. The molecule has 0 aromatic carbocycles. The second kappa shape index (κ2) is 16.4. The fraction of sp³-hybridized carbons (Fsp3) is 0.519. The molecule has 1 aliphatic heterocycles. The summed E-state index contributed by atoms with van der Waals surface area (Å²) in [5, 5.41) is 5.20. The van der Waals surface area contributed by atoms with Crippen molar-refractivity contribution in [1.29, 1.82) is 0 Å². The van der Waals surface area contributed by atoms with Crippen LogP contribution in [-0.2, 0) is 19.1 Å². The fourth-order valence-electron chi connectivity index (χ4n) is 3.75. The number of hydrogen-bond donors (Lipinski definition) is 1. The Labute approximate surface area is 225 Å². The molecule has 1 N–H and O–H groups in total. The van der Waals surface area contributed by atoms with Gasteiger partial charge in [0.2, 0.25) is 11.8 Å². The number of methoxy groups -OCH3 is 1.